The Balaban J connectivity index is -0.000000140. The van der Waals surface area contributed by atoms with Gasteiger partial charge in [-0.05, 0) is 6.92 Å². The van der Waals surface area contributed by atoms with Gasteiger partial charge in [0.05, 0.1) is 0 Å². The van der Waals surface area contributed by atoms with E-state index in [1.54, 1.807) is 6.92 Å². The van der Waals surface area contributed by atoms with Gasteiger partial charge >= 0.3 is 19.5 Å². The summed E-state index contributed by atoms with van der Waals surface area (Å²) in [6.07, 6.45) is 0. The van der Waals surface area contributed by atoms with E-state index in [0.717, 1.165) is 0 Å². The smallest absolute Gasteiger partial charge is 0.781 e. The van der Waals surface area contributed by atoms with Gasteiger partial charge in [-0.25, -0.2) is 0 Å². The van der Waals surface area contributed by atoms with Gasteiger partial charge in [-0.1, -0.05) is 0 Å². The molecule has 6 nitrogen and oxygen atoms in total. The van der Waals surface area contributed by atoms with E-state index >= 15 is 0 Å². The van der Waals surface area contributed by atoms with Crippen LogP contribution in [0.3, 0.4) is 0 Å². The van der Waals surface area contributed by atoms with Gasteiger partial charge in [-0.3, -0.25) is 4.31 Å². The molecular weight excluding hydrogens is 247 g/mol. The molecule has 0 heterocycles. The van der Waals surface area contributed by atoms with E-state index < -0.39 is 16.5 Å². The molecule has 0 aliphatic rings. The monoisotopic (exact) mass is 254 g/mol. The Hall–Kier alpha value is 0.923. The molecule has 0 saturated heterocycles. The molecule has 0 fully saturated rings. The van der Waals surface area contributed by atoms with Crippen molar-refractivity contribution in [3.63, 3.8) is 0 Å². The van der Waals surface area contributed by atoms with Crippen molar-refractivity contribution in [3.8, 4) is 0 Å². The molecule has 64 valence electrons. The first-order valence-corrected chi connectivity index (χ1v) is 4.70. The van der Waals surface area contributed by atoms with Crippen molar-refractivity contribution in [2.24, 2.45) is 0 Å². The SMILES string of the molecule is CCO.O=[PH]([O-])O[PH](=O)[O-].[Zn+2]. The average Bonchev–Trinajstić information content (AvgIpc) is 1.62. The Labute approximate surface area is 78.2 Å². The number of aliphatic hydroxyl groups excluding tert-OH is 1. The normalized spacial score (nSPS) is 13.5. The molecule has 0 aliphatic carbocycles. The summed E-state index contributed by atoms with van der Waals surface area (Å²) in [7, 11) is -7.03. The van der Waals surface area contributed by atoms with Crippen LogP contribution in [0.5, 0.6) is 0 Å². The first-order chi connectivity index (χ1) is 4.54. The molecular formula is C2H8O6P2Zn. The minimum absolute atomic E-state index is 0. The molecule has 0 amide bonds. The molecule has 0 spiro atoms. The summed E-state index contributed by atoms with van der Waals surface area (Å²) < 4.78 is 21.8. The van der Waals surface area contributed by atoms with Crippen LogP contribution in [0, 0.1) is 0 Å². The van der Waals surface area contributed by atoms with Gasteiger partial charge in [0.2, 0.25) is 0 Å². The van der Waals surface area contributed by atoms with Crippen molar-refractivity contribution >= 4 is 16.5 Å². The summed E-state index contributed by atoms with van der Waals surface area (Å²) in [5, 5.41) is 7.57. The van der Waals surface area contributed by atoms with E-state index in [2.05, 4.69) is 4.31 Å². The van der Waals surface area contributed by atoms with E-state index in [1.807, 2.05) is 0 Å². The number of hydrogen-bond acceptors (Lipinski definition) is 6. The van der Waals surface area contributed by atoms with Crippen molar-refractivity contribution in [3.05, 3.63) is 0 Å². The summed E-state index contributed by atoms with van der Waals surface area (Å²) in [6, 6.07) is 0. The zero-order valence-electron chi connectivity index (χ0n) is 5.90. The molecule has 0 radical (unpaired) electrons. The second-order valence-electron chi connectivity index (χ2n) is 0.918. The maximum absolute atomic E-state index is 9.29. The molecule has 0 aromatic rings. The van der Waals surface area contributed by atoms with Crippen molar-refractivity contribution in [2.75, 3.05) is 6.61 Å². The van der Waals surface area contributed by atoms with Gasteiger partial charge in [0.25, 0.3) is 0 Å². The maximum Gasteiger partial charge on any atom is 2.00 e. The topological polar surface area (TPSA) is 110 Å². The molecule has 0 saturated carbocycles. The Bertz CT molecular complexity index is 105. The van der Waals surface area contributed by atoms with Crippen LogP contribution >= 0.6 is 16.5 Å². The van der Waals surface area contributed by atoms with Crippen molar-refractivity contribution in [1.29, 1.82) is 0 Å². The fraction of sp³-hybridized carbons (Fsp3) is 1.00. The molecule has 1 N–H and O–H groups in total. The van der Waals surface area contributed by atoms with E-state index in [1.165, 1.54) is 0 Å². The summed E-state index contributed by atoms with van der Waals surface area (Å²) >= 11 is 0. The van der Waals surface area contributed by atoms with Gasteiger partial charge in [-0.15, -0.1) is 0 Å². The minimum Gasteiger partial charge on any atom is -0.781 e. The van der Waals surface area contributed by atoms with Crippen LogP contribution in [0.25, 0.3) is 0 Å². The van der Waals surface area contributed by atoms with E-state index in [4.69, 9.17) is 5.11 Å². The fourth-order valence-electron chi connectivity index (χ4n) is 0.0680. The number of rotatable bonds is 2. The van der Waals surface area contributed by atoms with E-state index in [0.29, 0.717) is 0 Å². The van der Waals surface area contributed by atoms with Crippen molar-refractivity contribution in [2.45, 2.75) is 6.92 Å². The summed E-state index contributed by atoms with van der Waals surface area (Å²) in [5.41, 5.74) is 0. The van der Waals surface area contributed by atoms with Gasteiger partial charge < -0.3 is 24.0 Å². The standard InChI is InChI=1S/C2H6O.H4O5P2.Zn/c1-2-3;1-6(2)5-7(3)4;/h3H,2H2,1H3;6-7H,(H,1,2)(H,3,4);/q;;+2/p-2. The Morgan fingerprint density at radius 1 is 1.36 bits per heavy atom. The van der Waals surface area contributed by atoms with Gasteiger partial charge in [0, 0.05) is 6.61 Å². The second-order valence-corrected chi connectivity index (χ2v) is 2.73. The molecule has 2 unspecified atom stereocenters. The second kappa shape index (κ2) is 13.5. The van der Waals surface area contributed by atoms with Crippen LogP contribution in [-0.2, 0) is 32.9 Å². The first kappa shape index (κ1) is 17.9. The fourth-order valence-corrected chi connectivity index (χ4v) is 0.612. The Kier molecular flexibility index (Phi) is 21.9. The van der Waals surface area contributed by atoms with E-state index in [9.17, 15) is 18.9 Å². The van der Waals surface area contributed by atoms with E-state index in [-0.39, 0.29) is 26.1 Å². The molecule has 11 heavy (non-hydrogen) atoms. The minimum atomic E-state index is -3.51. The Morgan fingerprint density at radius 3 is 1.55 bits per heavy atom. The zero-order chi connectivity index (χ0) is 8.57. The summed E-state index contributed by atoms with van der Waals surface area (Å²) in [4.78, 5) is 18.6. The quantitative estimate of drug-likeness (QED) is 0.475. The van der Waals surface area contributed by atoms with Crippen LogP contribution in [0.15, 0.2) is 0 Å². The number of aliphatic hydroxyl groups is 1. The molecule has 2 atom stereocenters. The largest absolute Gasteiger partial charge is 2.00 e. The molecule has 9 heteroatoms. The van der Waals surface area contributed by atoms with Crippen molar-refractivity contribution < 1.29 is 47.8 Å². The van der Waals surface area contributed by atoms with Gasteiger partial charge in [-0.2, -0.15) is 0 Å². The van der Waals surface area contributed by atoms with Crippen LogP contribution in [0.2, 0.25) is 0 Å². The molecule has 0 aromatic heterocycles. The molecule has 0 aromatic carbocycles. The molecule has 0 bridgehead atoms. The Morgan fingerprint density at radius 2 is 1.55 bits per heavy atom. The predicted molar refractivity (Wildman–Crippen MR) is 31.8 cm³/mol. The third kappa shape index (κ3) is 35.9. The van der Waals surface area contributed by atoms with Crippen LogP contribution in [0.1, 0.15) is 6.92 Å². The number of hydrogen-bond donors (Lipinski definition) is 1. The predicted octanol–water partition coefficient (Wildman–Crippen LogP) is -1.50. The van der Waals surface area contributed by atoms with Gasteiger partial charge in [0.15, 0.2) is 0 Å². The van der Waals surface area contributed by atoms with Gasteiger partial charge in [0.1, 0.15) is 16.5 Å². The maximum atomic E-state index is 9.29. The zero-order valence-corrected chi connectivity index (χ0v) is 10.9. The summed E-state index contributed by atoms with van der Waals surface area (Å²) in [5.74, 6) is 0. The summed E-state index contributed by atoms with van der Waals surface area (Å²) in [6.45, 7) is 1.93. The first-order valence-electron chi connectivity index (χ1n) is 2.25. The molecule has 0 rings (SSSR count). The molecule has 0 aliphatic heterocycles. The van der Waals surface area contributed by atoms with Crippen molar-refractivity contribution in [1.82, 2.24) is 0 Å². The van der Waals surface area contributed by atoms with Crippen LogP contribution < -0.4 is 9.79 Å². The average molecular weight is 255 g/mol. The van der Waals surface area contributed by atoms with Crippen LogP contribution in [0.4, 0.5) is 0 Å². The third-order valence-electron chi connectivity index (χ3n) is 0.167. The third-order valence-corrected chi connectivity index (χ3v) is 1.50. The van der Waals surface area contributed by atoms with Crippen LogP contribution in [-0.4, -0.2) is 11.7 Å².